The maximum atomic E-state index is 11.3. The maximum absolute atomic E-state index is 11.3. The first-order chi connectivity index (χ1) is 7.10. The smallest absolute Gasteiger partial charge is 0.240 e. The molecule has 0 spiro atoms. The normalized spacial score (nSPS) is 27.5. The highest BCUT2D eigenvalue weighted by molar-refractivity contribution is 5.99. The van der Waals surface area contributed by atoms with Gasteiger partial charge < -0.3 is 0 Å². The van der Waals surface area contributed by atoms with E-state index in [9.17, 15) is 9.59 Å². The second kappa shape index (κ2) is 3.93. The molecule has 2 rings (SSSR count). The SMILES string of the molecule is CC1(N2CC(=O)NC(=O)C2)CCCCC1. The van der Waals surface area contributed by atoms with Crippen LogP contribution in [0.2, 0.25) is 0 Å². The lowest BCUT2D eigenvalue weighted by Crippen LogP contribution is -2.59. The lowest BCUT2D eigenvalue weighted by atomic mass is 9.81. The third kappa shape index (κ3) is 2.20. The Morgan fingerprint density at radius 3 is 2.13 bits per heavy atom. The number of carbonyl (C=O) groups excluding carboxylic acids is 2. The summed E-state index contributed by atoms with van der Waals surface area (Å²) >= 11 is 0. The molecule has 0 bridgehead atoms. The van der Waals surface area contributed by atoms with Crippen LogP contribution in [0.15, 0.2) is 0 Å². The van der Waals surface area contributed by atoms with Crippen molar-refractivity contribution < 1.29 is 9.59 Å². The molecule has 0 aromatic heterocycles. The van der Waals surface area contributed by atoms with Gasteiger partial charge in [0.05, 0.1) is 13.1 Å². The molecule has 1 aliphatic heterocycles. The molecule has 1 N–H and O–H groups in total. The van der Waals surface area contributed by atoms with Gasteiger partial charge in [-0.2, -0.15) is 0 Å². The number of hydrogen-bond donors (Lipinski definition) is 1. The first-order valence-corrected chi connectivity index (χ1v) is 5.68. The van der Waals surface area contributed by atoms with Gasteiger partial charge in [-0.1, -0.05) is 19.3 Å². The molecule has 2 amide bonds. The molecule has 84 valence electrons. The van der Waals surface area contributed by atoms with Gasteiger partial charge in [0.2, 0.25) is 11.8 Å². The third-order valence-corrected chi connectivity index (χ3v) is 3.64. The minimum Gasteiger partial charge on any atom is -0.294 e. The topological polar surface area (TPSA) is 49.4 Å². The molecular formula is C11H18N2O2. The Bertz CT molecular complexity index is 266. The summed E-state index contributed by atoms with van der Waals surface area (Å²) in [7, 11) is 0. The van der Waals surface area contributed by atoms with E-state index in [1.165, 1.54) is 19.3 Å². The summed E-state index contributed by atoms with van der Waals surface area (Å²) in [4.78, 5) is 24.6. The number of amides is 2. The van der Waals surface area contributed by atoms with E-state index < -0.39 is 0 Å². The average Bonchev–Trinajstić information content (AvgIpc) is 2.17. The summed E-state index contributed by atoms with van der Waals surface area (Å²) < 4.78 is 0. The zero-order valence-electron chi connectivity index (χ0n) is 9.21. The van der Waals surface area contributed by atoms with Crippen LogP contribution in [0, 0.1) is 0 Å². The summed E-state index contributed by atoms with van der Waals surface area (Å²) in [5.41, 5.74) is 0.0612. The van der Waals surface area contributed by atoms with Crippen LogP contribution in [0.25, 0.3) is 0 Å². The lowest BCUT2D eigenvalue weighted by molar-refractivity contribution is -0.139. The van der Waals surface area contributed by atoms with Gasteiger partial charge >= 0.3 is 0 Å². The number of imide groups is 1. The Kier molecular flexibility index (Phi) is 2.78. The van der Waals surface area contributed by atoms with Gasteiger partial charge in [-0.15, -0.1) is 0 Å². The zero-order valence-corrected chi connectivity index (χ0v) is 9.21. The minimum absolute atomic E-state index is 0.0612. The van der Waals surface area contributed by atoms with Crippen LogP contribution in [0.4, 0.5) is 0 Å². The summed E-state index contributed by atoms with van der Waals surface area (Å²) in [5, 5.41) is 2.35. The van der Waals surface area contributed by atoms with Gasteiger partial charge in [-0.05, 0) is 19.8 Å². The molecule has 1 heterocycles. The van der Waals surface area contributed by atoms with Crippen LogP contribution in [-0.4, -0.2) is 35.3 Å². The molecule has 1 saturated carbocycles. The van der Waals surface area contributed by atoms with Gasteiger partial charge in [-0.25, -0.2) is 0 Å². The number of nitrogens with one attached hydrogen (secondary N) is 1. The summed E-state index contributed by atoms with van der Waals surface area (Å²) in [6, 6.07) is 0. The summed E-state index contributed by atoms with van der Waals surface area (Å²) in [5.74, 6) is -0.309. The molecule has 0 aromatic carbocycles. The Morgan fingerprint density at radius 1 is 1.07 bits per heavy atom. The van der Waals surface area contributed by atoms with Crippen LogP contribution in [0.1, 0.15) is 39.0 Å². The van der Waals surface area contributed by atoms with Crippen molar-refractivity contribution in [2.75, 3.05) is 13.1 Å². The van der Waals surface area contributed by atoms with Gasteiger partial charge in [0.15, 0.2) is 0 Å². The quantitative estimate of drug-likeness (QED) is 0.647. The molecule has 0 radical (unpaired) electrons. The van der Waals surface area contributed by atoms with Gasteiger partial charge in [0, 0.05) is 5.54 Å². The lowest BCUT2D eigenvalue weighted by Gasteiger charge is -2.44. The molecule has 0 aromatic rings. The molecule has 0 unspecified atom stereocenters. The molecule has 15 heavy (non-hydrogen) atoms. The fraction of sp³-hybridized carbons (Fsp3) is 0.818. The standard InChI is InChI=1S/C11H18N2O2/c1-11(5-3-2-4-6-11)13-7-9(14)12-10(15)8-13/h2-8H2,1H3,(H,12,14,15). The number of nitrogens with zero attached hydrogens (tertiary/aromatic N) is 1. The molecule has 0 atom stereocenters. The fourth-order valence-corrected chi connectivity index (χ4v) is 2.65. The van der Waals surface area contributed by atoms with Crippen LogP contribution in [0.3, 0.4) is 0 Å². The third-order valence-electron chi connectivity index (χ3n) is 3.64. The van der Waals surface area contributed by atoms with E-state index in [0.717, 1.165) is 12.8 Å². The van der Waals surface area contributed by atoms with Gasteiger partial charge in [0.25, 0.3) is 0 Å². The first-order valence-electron chi connectivity index (χ1n) is 5.68. The van der Waals surface area contributed by atoms with E-state index in [-0.39, 0.29) is 17.4 Å². The molecule has 1 saturated heterocycles. The molecule has 4 heteroatoms. The maximum Gasteiger partial charge on any atom is 0.240 e. The second-order valence-corrected chi connectivity index (χ2v) is 4.89. The predicted molar refractivity (Wildman–Crippen MR) is 56.2 cm³/mol. The van der Waals surface area contributed by atoms with E-state index in [4.69, 9.17) is 0 Å². The molecule has 4 nitrogen and oxygen atoms in total. The van der Waals surface area contributed by atoms with Crippen molar-refractivity contribution in [1.29, 1.82) is 0 Å². The van der Waals surface area contributed by atoms with Crippen molar-refractivity contribution in [3.05, 3.63) is 0 Å². The van der Waals surface area contributed by atoms with E-state index in [2.05, 4.69) is 12.2 Å². The first kappa shape index (κ1) is 10.6. The van der Waals surface area contributed by atoms with Crippen molar-refractivity contribution in [3.63, 3.8) is 0 Å². The van der Waals surface area contributed by atoms with Crippen LogP contribution >= 0.6 is 0 Å². The van der Waals surface area contributed by atoms with Crippen molar-refractivity contribution in [2.24, 2.45) is 0 Å². The molecule has 2 fully saturated rings. The predicted octanol–water partition coefficient (Wildman–Crippen LogP) is 0.668. The van der Waals surface area contributed by atoms with Crippen LogP contribution in [0.5, 0.6) is 0 Å². The number of carbonyl (C=O) groups is 2. The highest BCUT2D eigenvalue weighted by Crippen LogP contribution is 2.33. The molecular weight excluding hydrogens is 192 g/mol. The monoisotopic (exact) mass is 210 g/mol. The number of rotatable bonds is 1. The Labute approximate surface area is 90.0 Å². The fourth-order valence-electron chi connectivity index (χ4n) is 2.65. The molecule has 2 aliphatic rings. The van der Waals surface area contributed by atoms with Crippen LogP contribution < -0.4 is 5.32 Å². The minimum atomic E-state index is -0.155. The highest BCUT2D eigenvalue weighted by Gasteiger charge is 2.37. The van der Waals surface area contributed by atoms with E-state index in [1.54, 1.807) is 0 Å². The molecule has 1 aliphatic carbocycles. The Morgan fingerprint density at radius 2 is 1.60 bits per heavy atom. The van der Waals surface area contributed by atoms with Crippen LogP contribution in [-0.2, 0) is 9.59 Å². The summed E-state index contributed by atoms with van der Waals surface area (Å²) in [6.45, 7) is 2.93. The van der Waals surface area contributed by atoms with Gasteiger partial charge in [0.1, 0.15) is 0 Å². The van der Waals surface area contributed by atoms with E-state index >= 15 is 0 Å². The second-order valence-electron chi connectivity index (χ2n) is 4.89. The average molecular weight is 210 g/mol. The zero-order chi connectivity index (χ0) is 10.9. The Balaban J connectivity index is 2.07. The van der Waals surface area contributed by atoms with Crippen molar-refractivity contribution in [1.82, 2.24) is 10.2 Å². The number of piperazine rings is 1. The van der Waals surface area contributed by atoms with Crippen molar-refractivity contribution in [2.45, 2.75) is 44.6 Å². The van der Waals surface area contributed by atoms with E-state index in [1.807, 2.05) is 4.90 Å². The largest absolute Gasteiger partial charge is 0.294 e. The summed E-state index contributed by atoms with van der Waals surface area (Å²) in [6.07, 6.45) is 5.91. The van der Waals surface area contributed by atoms with E-state index in [0.29, 0.717) is 13.1 Å². The van der Waals surface area contributed by atoms with Crippen molar-refractivity contribution in [3.8, 4) is 0 Å². The highest BCUT2D eigenvalue weighted by atomic mass is 16.2. The Hall–Kier alpha value is -0.900. The van der Waals surface area contributed by atoms with Gasteiger partial charge in [-0.3, -0.25) is 19.8 Å². The van der Waals surface area contributed by atoms with Crippen molar-refractivity contribution >= 4 is 11.8 Å². The number of hydrogen-bond acceptors (Lipinski definition) is 3.